The zero-order valence-electron chi connectivity index (χ0n) is 20.3. The van der Waals surface area contributed by atoms with Crippen molar-refractivity contribution in [3.63, 3.8) is 0 Å². The molecule has 0 fully saturated rings. The van der Waals surface area contributed by atoms with Crippen LogP contribution in [0.1, 0.15) is 5.56 Å². The number of anilines is 1. The van der Waals surface area contributed by atoms with Crippen LogP contribution in [-0.2, 0) is 14.8 Å². The molecule has 0 saturated heterocycles. The van der Waals surface area contributed by atoms with Gasteiger partial charge in [0.05, 0.1) is 37.9 Å². The van der Waals surface area contributed by atoms with E-state index >= 15 is 0 Å². The minimum Gasteiger partial charge on any atom is -0.497 e. The monoisotopic (exact) mass is 512 g/mol. The Morgan fingerprint density at radius 1 is 1.03 bits per heavy atom. The second-order valence-electron chi connectivity index (χ2n) is 8.08. The lowest BCUT2D eigenvalue weighted by Gasteiger charge is -2.35. The summed E-state index contributed by atoms with van der Waals surface area (Å²) in [6, 6.07) is 18.5. The van der Waals surface area contributed by atoms with E-state index in [0.717, 1.165) is 5.56 Å². The summed E-state index contributed by atoms with van der Waals surface area (Å²) in [7, 11) is -0.910. The van der Waals surface area contributed by atoms with E-state index in [1.807, 2.05) is 19.1 Å². The highest BCUT2D eigenvalue weighted by molar-refractivity contribution is 7.92. The lowest BCUT2D eigenvalue weighted by molar-refractivity contribution is -0.127. The van der Waals surface area contributed by atoms with Crippen molar-refractivity contribution < 1.29 is 32.2 Å². The van der Waals surface area contributed by atoms with Crippen LogP contribution in [-0.4, -0.2) is 54.3 Å². The Bertz CT molecular complexity index is 1330. The SMILES string of the molecule is COc1ccc(S(=O)(=O)N2C[C@H](C(=O)NCCOc3ccccc3OC)Oc3cc(C)ccc32)cc1. The summed E-state index contributed by atoms with van der Waals surface area (Å²) in [6.45, 7) is 2.08. The Balaban J connectivity index is 1.49. The minimum atomic E-state index is -3.97. The average molecular weight is 513 g/mol. The standard InChI is InChI=1S/C26H28N2O7S/c1-18-8-13-21-24(16-18)35-25(17-28(21)36(30,31)20-11-9-19(32-2)10-12-20)26(29)27-14-15-34-23-7-5-4-6-22(23)33-3/h4-13,16,25H,14-15,17H2,1-3H3,(H,27,29)/t25-/m1/s1. The second-order valence-corrected chi connectivity index (χ2v) is 9.94. The number of nitrogens with one attached hydrogen (secondary N) is 1. The fraction of sp³-hybridized carbons (Fsp3) is 0.269. The molecule has 1 aliphatic rings. The number of fused-ring (bicyclic) bond motifs is 1. The first-order valence-electron chi connectivity index (χ1n) is 11.3. The number of nitrogens with zero attached hydrogens (tertiary/aromatic N) is 1. The lowest BCUT2D eigenvalue weighted by atomic mass is 10.1. The highest BCUT2D eigenvalue weighted by Gasteiger charge is 2.37. The number of methoxy groups -OCH3 is 2. The summed E-state index contributed by atoms with van der Waals surface area (Å²) in [4.78, 5) is 13.0. The normalized spacial score (nSPS) is 14.9. The van der Waals surface area contributed by atoms with E-state index in [9.17, 15) is 13.2 Å². The van der Waals surface area contributed by atoms with E-state index in [2.05, 4.69) is 5.32 Å². The number of ether oxygens (including phenoxy) is 4. The topological polar surface area (TPSA) is 103 Å². The molecule has 190 valence electrons. The molecule has 0 saturated carbocycles. The third kappa shape index (κ3) is 5.33. The van der Waals surface area contributed by atoms with Gasteiger partial charge in [-0.15, -0.1) is 0 Å². The van der Waals surface area contributed by atoms with E-state index in [1.165, 1.54) is 23.5 Å². The van der Waals surface area contributed by atoms with Crippen LogP contribution in [0.3, 0.4) is 0 Å². The van der Waals surface area contributed by atoms with E-state index < -0.39 is 22.0 Å². The smallest absolute Gasteiger partial charge is 0.264 e. The molecule has 3 aromatic carbocycles. The van der Waals surface area contributed by atoms with Gasteiger partial charge in [-0.25, -0.2) is 8.42 Å². The first kappa shape index (κ1) is 25.2. The van der Waals surface area contributed by atoms with Crippen molar-refractivity contribution >= 4 is 21.6 Å². The van der Waals surface area contributed by atoms with Crippen LogP contribution in [0, 0.1) is 6.92 Å². The molecule has 36 heavy (non-hydrogen) atoms. The predicted molar refractivity (Wildman–Crippen MR) is 135 cm³/mol. The molecule has 1 N–H and O–H groups in total. The number of amides is 1. The van der Waals surface area contributed by atoms with Crippen LogP contribution in [0.2, 0.25) is 0 Å². The number of hydrogen-bond donors (Lipinski definition) is 1. The molecular formula is C26H28N2O7S. The first-order chi connectivity index (χ1) is 17.3. The van der Waals surface area contributed by atoms with E-state index in [1.54, 1.807) is 49.6 Å². The highest BCUT2D eigenvalue weighted by atomic mass is 32.2. The van der Waals surface area contributed by atoms with E-state index in [0.29, 0.717) is 28.7 Å². The third-order valence-corrected chi connectivity index (χ3v) is 7.45. The summed E-state index contributed by atoms with van der Waals surface area (Å²) in [6.07, 6.45) is -1.04. The van der Waals surface area contributed by atoms with Crippen molar-refractivity contribution in [3.05, 3.63) is 72.3 Å². The molecule has 1 heterocycles. The third-order valence-electron chi connectivity index (χ3n) is 5.65. The zero-order valence-corrected chi connectivity index (χ0v) is 21.1. The van der Waals surface area contributed by atoms with Crippen LogP contribution >= 0.6 is 0 Å². The van der Waals surface area contributed by atoms with Crippen molar-refractivity contribution in [2.45, 2.75) is 17.9 Å². The maximum atomic E-state index is 13.5. The second kappa shape index (κ2) is 10.8. The number of sulfonamides is 1. The van der Waals surface area contributed by atoms with Crippen LogP contribution in [0.15, 0.2) is 71.6 Å². The molecule has 0 bridgehead atoms. The Labute approximate surface area is 210 Å². The van der Waals surface area contributed by atoms with Crippen LogP contribution in [0.4, 0.5) is 5.69 Å². The van der Waals surface area contributed by atoms with Crippen LogP contribution in [0.5, 0.6) is 23.0 Å². The van der Waals surface area contributed by atoms with Gasteiger partial charge in [0, 0.05) is 0 Å². The molecule has 0 aliphatic carbocycles. The molecule has 1 atom stereocenters. The van der Waals surface area contributed by atoms with Crippen LogP contribution in [0.25, 0.3) is 0 Å². The molecule has 4 rings (SSSR count). The summed E-state index contributed by atoms with van der Waals surface area (Å²) in [5, 5.41) is 2.76. The van der Waals surface area contributed by atoms with Gasteiger partial charge in [-0.05, 0) is 61.0 Å². The number of rotatable bonds is 9. The fourth-order valence-corrected chi connectivity index (χ4v) is 5.26. The molecule has 9 nitrogen and oxygen atoms in total. The fourth-order valence-electron chi connectivity index (χ4n) is 3.79. The van der Waals surface area contributed by atoms with Crippen molar-refractivity contribution in [1.29, 1.82) is 0 Å². The van der Waals surface area contributed by atoms with Gasteiger partial charge < -0.3 is 24.3 Å². The number of carbonyl (C=O) groups is 1. The van der Waals surface area contributed by atoms with Gasteiger partial charge in [-0.3, -0.25) is 9.10 Å². The number of carbonyl (C=O) groups excluding carboxylic acids is 1. The number of benzene rings is 3. The predicted octanol–water partition coefficient (Wildman–Crippen LogP) is 3.16. The Morgan fingerprint density at radius 3 is 2.44 bits per heavy atom. The maximum absolute atomic E-state index is 13.5. The van der Waals surface area contributed by atoms with Gasteiger partial charge in [0.2, 0.25) is 0 Å². The van der Waals surface area contributed by atoms with Gasteiger partial charge >= 0.3 is 0 Å². The van der Waals surface area contributed by atoms with Gasteiger partial charge in [0.1, 0.15) is 18.1 Å². The molecule has 0 unspecified atom stereocenters. The molecular weight excluding hydrogens is 484 g/mol. The van der Waals surface area contributed by atoms with E-state index in [-0.39, 0.29) is 24.6 Å². The quantitative estimate of drug-likeness (QED) is 0.439. The minimum absolute atomic E-state index is 0.0843. The molecule has 3 aromatic rings. The van der Waals surface area contributed by atoms with Gasteiger partial charge in [-0.1, -0.05) is 18.2 Å². The average Bonchev–Trinajstić information content (AvgIpc) is 2.90. The Kier molecular flexibility index (Phi) is 7.54. The molecule has 0 aromatic heterocycles. The van der Waals surface area contributed by atoms with Crippen molar-refractivity contribution in [1.82, 2.24) is 5.32 Å². The van der Waals surface area contributed by atoms with E-state index in [4.69, 9.17) is 18.9 Å². The number of aryl methyl sites for hydroxylation is 1. The lowest BCUT2D eigenvalue weighted by Crippen LogP contribution is -2.51. The van der Waals surface area contributed by atoms with Gasteiger partial charge in [0.15, 0.2) is 17.6 Å². The number of para-hydroxylation sites is 2. The summed E-state index contributed by atoms with van der Waals surface area (Å²) < 4.78 is 50.3. The van der Waals surface area contributed by atoms with Crippen molar-refractivity contribution in [2.75, 3.05) is 38.2 Å². The van der Waals surface area contributed by atoms with Crippen molar-refractivity contribution in [3.8, 4) is 23.0 Å². The maximum Gasteiger partial charge on any atom is 0.264 e. The van der Waals surface area contributed by atoms with Crippen LogP contribution < -0.4 is 28.6 Å². The summed E-state index contributed by atoms with van der Waals surface area (Å²) >= 11 is 0. The zero-order chi connectivity index (χ0) is 25.7. The molecule has 10 heteroatoms. The summed E-state index contributed by atoms with van der Waals surface area (Å²) in [5.41, 5.74) is 1.25. The largest absolute Gasteiger partial charge is 0.497 e. The van der Waals surface area contributed by atoms with Crippen molar-refractivity contribution in [2.24, 2.45) is 0 Å². The molecule has 0 spiro atoms. The molecule has 0 radical (unpaired) electrons. The molecule has 1 aliphatic heterocycles. The van der Waals surface area contributed by atoms with Gasteiger partial charge in [0.25, 0.3) is 15.9 Å². The summed E-state index contributed by atoms with van der Waals surface area (Å²) in [5.74, 6) is 1.57. The number of hydrogen-bond acceptors (Lipinski definition) is 7. The molecule has 1 amide bonds. The van der Waals surface area contributed by atoms with Gasteiger partial charge in [-0.2, -0.15) is 0 Å². The Morgan fingerprint density at radius 2 is 1.75 bits per heavy atom. The Hall–Kier alpha value is -3.92. The first-order valence-corrected chi connectivity index (χ1v) is 12.7. The highest BCUT2D eigenvalue weighted by Crippen LogP contribution is 2.38.